The molecule has 3 N–H and O–H groups in total. The number of nitrogens with one attached hydrogen (secondary N) is 1. The van der Waals surface area contributed by atoms with E-state index in [1.54, 1.807) is 0 Å². The van der Waals surface area contributed by atoms with E-state index in [0.717, 1.165) is 0 Å². The van der Waals surface area contributed by atoms with Gasteiger partial charge >= 0.3 is 0 Å². The summed E-state index contributed by atoms with van der Waals surface area (Å²) in [4.78, 5) is 0.193. The zero-order valence-corrected chi connectivity index (χ0v) is 10.9. The normalized spacial score (nSPS) is 20.6. The molecule has 1 heterocycles. The predicted octanol–water partition coefficient (Wildman–Crippen LogP) is 0.150. The van der Waals surface area contributed by atoms with E-state index >= 15 is 0 Å². The lowest BCUT2D eigenvalue weighted by Crippen LogP contribution is -2.47. The summed E-state index contributed by atoms with van der Waals surface area (Å²) < 4.78 is 31.6. The second-order valence-electron chi connectivity index (χ2n) is 3.84. The molecular weight excluding hydrogens is 248 g/mol. The fraction of sp³-hybridized carbons (Fsp3) is 0.889. The maximum absolute atomic E-state index is 12.0. The molecule has 1 aliphatic rings. The van der Waals surface area contributed by atoms with E-state index in [0.29, 0.717) is 32.5 Å². The van der Waals surface area contributed by atoms with Crippen LogP contribution in [-0.4, -0.2) is 37.9 Å². The van der Waals surface area contributed by atoms with Gasteiger partial charge in [0.25, 0.3) is 0 Å². The van der Waals surface area contributed by atoms with E-state index in [2.05, 4.69) is 4.72 Å². The third kappa shape index (κ3) is 3.65. The Bertz CT molecular complexity index is 337. The Morgan fingerprint density at radius 1 is 1.56 bits per heavy atom. The number of ether oxygens (including phenoxy) is 1. The summed E-state index contributed by atoms with van der Waals surface area (Å²) in [6, 6.07) is -0.442. The van der Waals surface area contributed by atoms with Crippen molar-refractivity contribution in [3.8, 4) is 0 Å². The molecule has 1 saturated heterocycles. The van der Waals surface area contributed by atoms with E-state index < -0.39 is 16.1 Å². The van der Waals surface area contributed by atoms with Crippen LogP contribution < -0.4 is 10.5 Å². The van der Waals surface area contributed by atoms with Crippen molar-refractivity contribution in [2.75, 3.05) is 13.2 Å². The zero-order valence-electron chi connectivity index (χ0n) is 9.31. The highest BCUT2D eigenvalue weighted by atomic mass is 32.2. The first-order chi connectivity index (χ1) is 7.47. The van der Waals surface area contributed by atoms with Crippen LogP contribution in [0.15, 0.2) is 0 Å². The molecule has 0 aromatic heterocycles. The predicted molar refractivity (Wildman–Crippen MR) is 66.8 cm³/mol. The highest BCUT2D eigenvalue weighted by Crippen LogP contribution is 2.15. The van der Waals surface area contributed by atoms with Gasteiger partial charge in [-0.05, 0) is 19.3 Å². The molecule has 94 valence electrons. The van der Waals surface area contributed by atoms with Crippen LogP contribution >= 0.6 is 12.2 Å². The van der Waals surface area contributed by atoms with Gasteiger partial charge in [-0.15, -0.1) is 0 Å². The summed E-state index contributed by atoms with van der Waals surface area (Å²) in [5.74, 6) is 0. The van der Waals surface area contributed by atoms with E-state index in [4.69, 9.17) is 22.7 Å². The summed E-state index contributed by atoms with van der Waals surface area (Å²) in [6.07, 6.45) is 1.63. The van der Waals surface area contributed by atoms with Gasteiger partial charge in [-0.2, -0.15) is 0 Å². The largest absolute Gasteiger partial charge is 0.392 e. The molecule has 0 aromatic carbocycles. The van der Waals surface area contributed by atoms with Gasteiger partial charge in [0, 0.05) is 13.2 Å². The van der Waals surface area contributed by atoms with E-state index in [1.165, 1.54) is 0 Å². The lowest BCUT2D eigenvalue weighted by molar-refractivity contribution is 0.0981. The van der Waals surface area contributed by atoms with Crippen LogP contribution in [0.4, 0.5) is 0 Å². The van der Waals surface area contributed by atoms with Crippen LogP contribution in [0, 0.1) is 0 Å². The van der Waals surface area contributed by atoms with Gasteiger partial charge in [-0.3, -0.25) is 0 Å². The lowest BCUT2D eigenvalue weighted by atomic mass is 10.2. The average Bonchev–Trinajstić information content (AvgIpc) is 2.27. The molecule has 16 heavy (non-hydrogen) atoms. The van der Waals surface area contributed by atoms with Crippen molar-refractivity contribution in [2.45, 2.75) is 37.5 Å². The number of hydrogen-bond acceptors (Lipinski definition) is 4. The molecule has 0 aliphatic carbocycles. The molecule has 1 atom stereocenters. The number of hydrogen-bond donors (Lipinski definition) is 2. The second kappa shape index (κ2) is 5.90. The van der Waals surface area contributed by atoms with Crippen LogP contribution in [0.25, 0.3) is 0 Å². The van der Waals surface area contributed by atoms with Gasteiger partial charge in [-0.1, -0.05) is 19.1 Å². The highest BCUT2D eigenvalue weighted by Gasteiger charge is 2.29. The zero-order chi connectivity index (χ0) is 12.2. The number of thiocarbonyl (C=S) groups is 1. The summed E-state index contributed by atoms with van der Waals surface area (Å²) >= 11 is 4.81. The molecule has 1 rings (SSSR count). The van der Waals surface area contributed by atoms with Gasteiger partial charge < -0.3 is 10.5 Å². The monoisotopic (exact) mass is 266 g/mol. The minimum absolute atomic E-state index is 0.193. The Morgan fingerprint density at radius 3 is 2.56 bits per heavy atom. The average molecular weight is 266 g/mol. The first kappa shape index (κ1) is 13.8. The molecule has 0 aromatic rings. The van der Waals surface area contributed by atoms with Gasteiger partial charge in [0.2, 0.25) is 10.0 Å². The van der Waals surface area contributed by atoms with Crippen LogP contribution in [-0.2, 0) is 14.8 Å². The van der Waals surface area contributed by atoms with E-state index in [9.17, 15) is 8.42 Å². The molecule has 0 spiro atoms. The van der Waals surface area contributed by atoms with Crippen molar-refractivity contribution in [2.24, 2.45) is 5.73 Å². The topological polar surface area (TPSA) is 81.4 Å². The van der Waals surface area contributed by atoms with Crippen molar-refractivity contribution < 1.29 is 13.2 Å². The smallest absolute Gasteiger partial charge is 0.215 e. The Morgan fingerprint density at radius 2 is 2.12 bits per heavy atom. The first-order valence-electron chi connectivity index (χ1n) is 5.35. The third-order valence-corrected chi connectivity index (χ3v) is 4.91. The molecule has 5 nitrogen and oxygen atoms in total. The Labute approximate surface area is 102 Å². The minimum Gasteiger partial charge on any atom is -0.392 e. The van der Waals surface area contributed by atoms with Gasteiger partial charge in [0.15, 0.2) is 0 Å². The standard InChI is InChI=1S/C9H18N2O3S2/c1-2-8(9(10)15)11-16(12,13)7-3-5-14-6-4-7/h7-8,11H,2-6H2,1H3,(H2,10,15). The maximum Gasteiger partial charge on any atom is 0.215 e. The van der Waals surface area contributed by atoms with Crippen LogP contribution in [0.1, 0.15) is 26.2 Å². The Hall–Kier alpha value is -0.240. The summed E-state index contributed by atoms with van der Waals surface area (Å²) in [5.41, 5.74) is 5.46. The number of sulfonamides is 1. The van der Waals surface area contributed by atoms with Gasteiger partial charge in [-0.25, -0.2) is 13.1 Å². The molecule has 0 radical (unpaired) electrons. The minimum atomic E-state index is -3.34. The molecule has 1 aliphatic heterocycles. The van der Waals surface area contributed by atoms with Gasteiger partial charge in [0.05, 0.1) is 16.3 Å². The van der Waals surface area contributed by atoms with Crippen LogP contribution in [0.2, 0.25) is 0 Å². The molecule has 1 unspecified atom stereocenters. The van der Waals surface area contributed by atoms with Crippen molar-refractivity contribution in [1.82, 2.24) is 4.72 Å². The second-order valence-corrected chi connectivity index (χ2v) is 6.30. The molecular formula is C9H18N2O3S2. The molecule has 1 fully saturated rings. The summed E-state index contributed by atoms with van der Waals surface area (Å²) in [7, 11) is -3.34. The van der Waals surface area contributed by atoms with Crippen LogP contribution in [0.3, 0.4) is 0 Å². The Kier molecular flexibility index (Phi) is 5.10. The molecule has 0 saturated carbocycles. The third-order valence-electron chi connectivity index (χ3n) is 2.67. The first-order valence-corrected chi connectivity index (χ1v) is 7.31. The molecule has 0 amide bonds. The van der Waals surface area contributed by atoms with Crippen molar-refractivity contribution in [3.63, 3.8) is 0 Å². The number of nitrogens with two attached hydrogens (primary N) is 1. The van der Waals surface area contributed by atoms with E-state index in [-0.39, 0.29) is 10.2 Å². The lowest BCUT2D eigenvalue weighted by Gasteiger charge is -2.25. The van der Waals surface area contributed by atoms with Crippen molar-refractivity contribution in [3.05, 3.63) is 0 Å². The summed E-state index contributed by atoms with van der Waals surface area (Å²) in [6.45, 7) is 2.83. The molecule has 7 heteroatoms. The number of rotatable bonds is 5. The van der Waals surface area contributed by atoms with Gasteiger partial charge in [0.1, 0.15) is 0 Å². The van der Waals surface area contributed by atoms with Crippen molar-refractivity contribution >= 4 is 27.2 Å². The molecule has 0 bridgehead atoms. The van der Waals surface area contributed by atoms with Crippen LogP contribution in [0.5, 0.6) is 0 Å². The fourth-order valence-electron chi connectivity index (χ4n) is 1.62. The van der Waals surface area contributed by atoms with E-state index in [1.807, 2.05) is 6.92 Å². The summed E-state index contributed by atoms with van der Waals surface area (Å²) in [5, 5.41) is -0.385. The fourth-order valence-corrected chi connectivity index (χ4v) is 3.62. The highest BCUT2D eigenvalue weighted by molar-refractivity contribution is 7.90. The SMILES string of the molecule is CCC(NS(=O)(=O)C1CCOCC1)C(N)=S. The van der Waals surface area contributed by atoms with Crippen molar-refractivity contribution in [1.29, 1.82) is 0 Å². The Balaban J connectivity index is 2.65. The maximum atomic E-state index is 12.0. The quantitative estimate of drug-likeness (QED) is 0.692.